The van der Waals surface area contributed by atoms with E-state index in [0.29, 0.717) is 4.88 Å². The van der Waals surface area contributed by atoms with Crippen LogP contribution in [0.25, 0.3) is 0 Å². The van der Waals surface area contributed by atoms with Crippen molar-refractivity contribution in [2.75, 3.05) is 5.73 Å². The molecule has 0 aliphatic rings. The van der Waals surface area contributed by atoms with Crippen molar-refractivity contribution in [1.82, 2.24) is 0 Å². The Morgan fingerprint density at radius 3 is 2.53 bits per heavy atom. The highest BCUT2D eigenvalue weighted by molar-refractivity contribution is 7.12. The SMILES string of the molecule is Nc1cccc(C(=O)O)c1C(=O)c1cccs1. The molecule has 0 saturated heterocycles. The lowest BCUT2D eigenvalue weighted by Gasteiger charge is -2.06. The standard InChI is InChI=1S/C12H9NO3S/c13-8-4-1-3-7(12(15)16)10(8)11(14)9-5-2-6-17-9/h1-6H,13H2,(H,15,16). The van der Waals surface area contributed by atoms with Crippen molar-refractivity contribution in [3.8, 4) is 0 Å². The normalized spacial score (nSPS) is 10.1. The molecule has 0 spiro atoms. The number of ketones is 1. The third kappa shape index (κ3) is 2.05. The van der Waals surface area contributed by atoms with Gasteiger partial charge in [-0.1, -0.05) is 12.1 Å². The second-order valence-corrected chi connectivity index (χ2v) is 4.33. The minimum absolute atomic E-state index is 0.0578. The van der Waals surface area contributed by atoms with E-state index in [9.17, 15) is 9.59 Å². The maximum atomic E-state index is 12.1. The van der Waals surface area contributed by atoms with Crippen molar-refractivity contribution >= 4 is 28.8 Å². The Labute approximate surface area is 101 Å². The van der Waals surface area contributed by atoms with Gasteiger partial charge in [-0.2, -0.15) is 0 Å². The summed E-state index contributed by atoms with van der Waals surface area (Å²) in [6.45, 7) is 0. The number of carbonyl (C=O) groups excluding carboxylic acids is 1. The number of aromatic carboxylic acids is 1. The van der Waals surface area contributed by atoms with Crippen molar-refractivity contribution in [1.29, 1.82) is 0 Å². The quantitative estimate of drug-likeness (QED) is 0.644. The Hall–Kier alpha value is -2.14. The van der Waals surface area contributed by atoms with Crippen LogP contribution in [0.5, 0.6) is 0 Å². The first-order chi connectivity index (χ1) is 8.11. The van der Waals surface area contributed by atoms with E-state index >= 15 is 0 Å². The Morgan fingerprint density at radius 1 is 1.18 bits per heavy atom. The van der Waals surface area contributed by atoms with Gasteiger partial charge in [-0.05, 0) is 23.6 Å². The molecule has 1 heterocycles. The van der Waals surface area contributed by atoms with Gasteiger partial charge >= 0.3 is 5.97 Å². The van der Waals surface area contributed by atoms with Crippen molar-refractivity contribution in [3.63, 3.8) is 0 Å². The van der Waals surface area contributed by atoms with Crippen LogP contribution in [-0.4, -0.2) is 16.9 Å². The minimum Gasteiger partial charge on any atom is -0.478 e. The molecule has 3 N–H and O–H groups in total. The molecule has 2 rings (SSSR count). The van der Waals surface area contributed by atoms with Crippen LogP contribution in [0.1, 0.15) is 25.6 Å². The number of carboxylic acids is 1. The Kier molecular flexibility index (Phi) is 2.93. The van der Waals surface area contributed by atoms with Gasteiger partial charge in [-0.25, -0.2) is 4.79 Å². The Bertz CT molecular complexity index is 575. The lowest BCUT2D eigenvalue weighted by atomic mass is 10.0. The predicted molar refractivity (Wildman–Crippen MR) is 65.6 cm³/mol. The summed E-state index contributed by atoms with van der Waals surface area (Å²) in [5.74, 6) is -1.51. The molecule has 0 fully saturated rings. The smallest absolute Gasteiger partial charge is 0.336 e. The van der Waals surface area contributed by atoms with Gasteiger partial charge in [0.25, 0.3) is 0 Å². The first-order valence-electron chi connectivity index (χ1n) is 4.81. The van der Waals surface area contributed by atoms with Crippen LogP contribution in [-0.2, 0) is 0 Å². The summed E-state index contributed by atoms with van der Waals surface area (Å²) in [6, 6.07) is 7.79. The highest BCUT2D eigenvalue weighted by atomic mass is 32.1. The molecule has 0 radical (unpaired) electrons. The average molecular weight is 247 g/mol. The molecule has 0 bridgehead atoms. The van der Waals surface area contributed by atoms with E-state index in [2.05, 4.69) is 0 Å². The maximum absolute atomic E-state index is 12.1. The predicted octanol–water partition coefficient (Wildman–Crippen LogP) is 2.26. The highest BCUT2D eigenvalue weighted by Crippen LogP contribution is 2.23. The van der Waals surface area contributed by atoms with Gasteiger partial charge in [0.2, 0.25) is 5.78 Å². The molecule has 2 aromatic rings. The molecule has 86 valence electrons. The van der Waals surface area contributed by atoms with Crippen LogP contribution in [0.15, 0.2) is 35.7 Å². The van der Waals surface area contributed by atoms with E-state index in [-0.39, 0.29) is 22.6 Å². The van der Waals surface area contributed by atoms with Crippen LogP contribution < -0.4 is 5.73 Å². The van der Waals surface area contributed by atoms with Gasteiger partial charge in [0.1, 0.15) is 0 Å². The van der Waals surface area contributed by atoms with E-state index in [4.69, 9.17) is 10.8 Å². The lowest BCUT2D eigenvalue weighted by molar-refractivity contribution is 0.0693. The molecular weight excluding hydrogens is 238 g/mol. The van der Waals surface area contributed by atoms with Gasteiger partial charge in [0.15, 0.2) is 0 Å². The van der Waals surface area contributed by atoms with E-state index in [1.165, 1.54) is 29.5 Å². The molecule has 0 unspecified atom stereocenters. The summed E-state index contributed by atoms with van der Waals surface area (Å²) in [7, 11) is 0. The molecule has 0 aliphatic carbocycles. The van der Waals surface area contributed by atoms with Gasteiger partial charge in [-0.15, -0.1) is 11.3 Å². The number of benzene rings is 1. The van der Waals surface area contributed by atoms with Gasteiger partial charge in [-0.3, -0.25) is 4.79 Å². The molecule has 0 aliphatic heterocycles. The highest BCUT2D eigenvalue weighted by Gasteiger charge is 2.20. The zero-order valence-corrected chi connectivity index (χ0v) is 9.53. The van der Waals surface area contributed by atoms with Gasteiger partial charge in [0, 0.05) is 5.69 Å². The third-order valence-electron chi connectivity index (χ3n) is 2.30. The molecule has 5 heteroatoms. The van der Waals surface area contributed by atoms with Crippen molar-refractivity contribution in [2.45, 2.75) is 0 Å². The van der Waals surface area contributed by atoms with E-state index in [1.54, 1.807) is 17.5 Å². The monoisotopic (exact) mass is 247 g/mol. The molecule has 0 amide bonds. The van der Waals surface area contributed by atoms with Crippen molar-refractivity contribution in [2.24, 2.45) is 0 Å². The molecule has 17 heavy (non-hydrogen) atoms. The van der Waals surface area contributed by atoms with Gasteiger partial charge in [0.05, 0.1) is 16.0 Å². The largest absolute Gasteiger partial charge is 0.478 e. The summed E-state index contributed by atoms with van der Waals surface area (Å²) in [5.41, 5.74) is 5.86. The number of anilines is 1. The lowest BCUT2D eigenvalue weighted by Crippen LogP contribution is -2.11. The third-order valence-corrected chi connectivity index (χ3v) is 3.17. The molecule has 1 aromatic carbocycles. The first-order valence-corrected chi connectivity index (χ1v) is 5.69. The second-order valence-electron chi connectivity index (χ2n) is 3.38. The molecule has 0 atom stereocenters. The number of nitrogens with two attached hydrogens (primary N) is 1. The van der Waals surface area contributed by atoms with Crippen LogP contribution >= 0.6 is 11.3 Å². The van der Waals surface area contributed by atoms with Crippen LogP contribution in [0, 0.1) is 0 Å². The fourth-order valence-corrected chi connectivity index (χ4v) is 2.20. The Balaban J connectivity index is 2.59. The summed E-state index contributed by atoms with van der Waals surface area (Å²) in [4.78, 5) is 23.6. The van der Waals surface area contributed by atoms with E-state index in [1.807, 2.05) is 0 Å². The number of hydrogen-bond acceptors (Lipinski definition) is 4. The van der Waals surface area contributed by atoms with E-state index < -0.39 is 5.97 Å². The molecule has 1 aromatic heterocycles. The number of hydrogen-bond donors (Lipinski definition) is 2. The zero-order chi connectivity index (χ0) is 12.4. The van der Waals surface area contributed by atoms with Gasteiger partial charge < -0.3 is 10.8 Å². The van der Waals surface area contributed by atoms with Crippen molar-refractivity contribution < 1.29 is 14.7 Å². The number of thiophene rings is 1. The maximum Gasteiger partial charge on any atom is 0.336 e. The average Bonchev–Trinajstić information content (AvgIpc) is 2.81. The number of nitrogen functional groups attached to an aromatic ring is 1. The van der Waals surface area contributed by atoms with Crippen molar-refractivity contribution in [3.05, 3.63) is 51.7 Å². The summed E-state index contributed by atoms with van der Waals surface area (Å²) >= 11 is 1.26. The molecular formula is C12H9NO3S. The zero-order valence-electron chi connectivity index (χ0n) is 8.71. The molecule has 0 saturated carbocycles. The van der Waals surface area contributed by atoms with Crippen LogP contribution in [0.2, 0.25) is 0 Å². The first kappa shape index (κ1) is 11.3. The topological polar surface area (TPSA) is 80.4 Å². The van der Waals surface area contributed by atoms with Crippen LogP contribution in [0.4, 0.5) is 5.69 Å². The second kappa shape index (κ2) is 4.39. The summed E-state index contributed by atoms with van der Waals surface area (Å²) < 4.78 is 0. The summed E-state index contributed by atoms with van der Waals surface area (Å²) in [5, 5.41) is 10.8. The van der Waals surface area contributed by atoms with Crippen LogP contribution in [0.3, 0.4) is 0 Å². The minimum atomic E-state index is -1.16. The fraction of sp³-hybridized carbons (Fsp3) is 0. The number of rotatable bonds is 3. The number of carbonyl (C=O) groups is 2. The number of carboxylic acid groups (broad SMARTS) is 1. The summed E-state index contributed by atoms with van der Waals surface area (Å²) in [6.07, 6.45) is 0. The fourth-order valence-electron chi connectivity index (χ4n) is 1.53. The van der Waals surface area contributed by atoms with E-state index in [0.717, 1.165) is 0 Å². The Morgan fingerprint density at radius 2 is 1.94 bits per heavy atom. The molecule has 4 nitrogen and oxygen atoms in total.